The van der Waals surface area contributed by atoms with E-state index >= 15 is 0 Å². The zero-order valence-corrected chi connectivity index (χ0v) is 21.2. The van der Waals surface area contributed by atoms with E-state index < -0.39 is 6.89 Å². The van der Waals surface area contributed by atoms with Crippen LogP contribution in [-0.4, -0.2) is 28.7 Å². The predicted molar refractivity (Wildman–Crippen MR) is 147 cm³/mol. The largest absolute Gasteiger partial charge is 0.463 e. The zero-order chi connectivity index (χ0) is 24.5. The monoisotopic (exact) mass is 502 g/mol. The molecule has 4 nitrogen and oxygen atoms in total. The number of carbonyl (C=O) groups is 2. The van der Waals surface area contributed by atoms with Gasteiger partial charge in [-0.05, 0) is 48.3 Å². The molecule has 0 bridgehead atoms. The molecule has 1 aromatic heterocycles. The first-order valence-corrected chi connectivity index (χ1v) is 14.3. The van der Waals surface area contributed by atoms with Gasteiger partial charge >= 0.3 is 5.97 Å². The Kier molecular flexibility index (Phi) is 8.46. The molecule has 1 heterocycles. The molecule has 0 aliphatic carbocycles. The normalized spacial score (nSPS) is 11.1. The van der Waals surface area contributed by atoms with E-state index in [1.54, 1.807) is 12.1 Å². The third-order valence-electron chi connectivity index (χ3n) is 5.64. The molecular weight excluding hydrogens is 475 g/mol. The lowest BCUT2D eigenvalue weighted by atomic mass is 10.3. The van der Waals surface area contributed by atoms with E-state index in [-0.39, 0.29) is 17.7 Å². The molecule has 4 aromatic rings. The Morgan fingerprint density at radius 2 is 1.29 bits per heavy atom. The highest BCUT2D eigenvalue weighted by molar-refractivity contribution is 8.14. The van der Waals surface area contributed by atoms with Crippen molar-refractivity contribution >= 4 is 50.9 Å². The second-order valence-electron chi connectivity index (χ2n) is 7.71. The number of benzene rings is 3. The Balaban J connectivity index is 1.95. The molecule has 4 rings (SSSR count). The minimum absolute atomic E-state index is 0.152. The minimum atomic E-state index is -2.58. The average Bonchev–Trinajstić information content (AvgIpc) is 3.45. The van der Waals surface area contributed by atoms with E-state index in [1.165, 1.54) is 6.26 Å². The van der Waals surface area contributed by atoms with Crippen LogP contribution in [0.4, 0.5) is 0 Å². The number of hydrogen-bond acceptors (Lipinski definition) is 5. The quantitative estimate of drug-likeness (QED) is 0.231. The van der Waals surface area contributed by atoms with Gasteiger partial charge in [-0.3, -0.25) is 4.79 Å². The van der Waals surface area contributed by atoms with Gasteiger partial charge in [0.15, 0.2) is 5.76 Å². The van der Waals surface area contributed by atoms with Crippen molar-refractivity contribution in [3.8, 4) is 0 Å². The van der Waals surface area contributed by atoms with Crippen LogP contribution >= 0.6 is 18.6 Å². The van der Waals surface area contributed by atoms with Crippen LogP contribution in [-0.2, 0) is 9.53 Å². The fraction of sp³-hybridized carbons (Fsp3) is 0.138. The molecule has 0 amide bonds. The molecule has 35 heavy (non-hydrogen) atoms. The average molecular weight is 503 g/mol. The SMILES string of the molecule is CCOC(=O)C(CCSC(=O)c1ccco1)=P(c1ccccc1)(c1ccccc1)c1ccccc1. The third kappa shape index (κ3) is 5.37. The highest BCUT2D eigenvalue weighted by Crippen LogP contribution is 2.47. The van der Waals surface area contributed by atoms with Gasteiger partial charge in [-0.1, -0.05) is 103 Å². The van der Waals surface area contributed by atoms with Gasteiger partial charge in [-0.15, -0.1) is 0 Å². The van der Waals surface area contributed by atoms with E-state index in [2.05, 4.69) is 36.4 Å². The maximum Gasteiger partial charge on any atom is 0.335 e. The highest BCUT2D eigenvalue weighted by Gasteiger charge is 2.33. The van der Waals surface area contributed by atoms with Crippen molar-refractivity contribution in [2.24, 2.45) is 0 Å². The van der Waals surface area contributed by atoms with Crippen LogP contribution in [0.3, 0.4) is 0 Å². The van der Waals surface area contributed by atoms with Crippen LogP contribution in [0.1, 0.15) is 23.9 Å². The van der Waals surface area contributed by atoms with Gasteiger partial charge in [-0.25, -0.2) is 4.79 Å². The van der Waals surface area contributed by atoms with Crippen LogP contribution in [0.15, 0.2) is 114 Å². The number of thioether (sulfide) groups is 1. The van der Waals surface area contributed by atoms with E-state index in [0.717, 1.165) is 27.7 Å². The Hall–Kier alpha value is -3.27. The number of carbonyl (C=O) groups excluding carboxylic acids is 2. The fourth-order valence-electron chi connectivity index (χ4n) is 4.20. The standard InChI is InChI=1S/C29H27O4PS/c1-2-32-28(30)27(20-22-35-29(31)26-19-12-21-33-26)34(23-13-6-3-7-14-23,24-15-8-4-9-16-24)25-17-10-5-11-18-25/h3-19,21H,2,20,22H2,1H3. The maximum atomic E-state index is 13.7. The fourth-order valence-corrected chi connectivity index (χ4v) is 9.57. The second-order valence-corrected chi connectivity index (χ2v) is 12.2. The topological polar surface area (TPSA) is 56.5 Å². The molecule has 3 aromatic carbocycles. The lowest BCUT2D eigenvalue weighted by molar-refractivity contribution is -0.134. The van der Waals surface area contributed by atoms with Crippen molar-refractivity contribution in [1.29, 1.82) is 0 Å². The van der Waals surface area contributed by atoms with Gasteiger partial charge in [0.25, 0.3) is 5.12 Å². The molecule has 0 atom stereocenters. The Morgan fingerprint density at radius 1 is 0.771 bits per heavy atom. The number of furan rings is 1. The molecule has 0 saturated carbocycles. The molecule has 0 N–H and O–H groups in total. The van der Waals surface area contributed by atoms with E-state index in [4.69, 9.17) is 9.15 Å². The molecule has 178 valence electrons. The molecule has 0 aliphatic rings. The summed E-state index contributed by atoms with van der Waals surface area (Å²) in [5.41, 5.74) is 0. The van der Waals surface area contributed by atoms with E-state index in [1.807, 2.05) is 61.5 Å². The van der Waals surface area contributed by atoms with E-state index in [9.17, 15) is 9.59 Å². The Bertz CT molecular complexity index is 1200. The van der Waals surface area contributed by atoms with Gasteiger partial charge in [0.1, 0.15) is 0 Å². The van der Waals surface area contributed by atoms with Crippen molar-refractivity contribution in [2.45, 2.75) is 13.3 Å². The molecule has 0 fully saturated rings. The summed E-state index contributed by atoms with van der Waals surface area (Å²) >= 11 is 1.16. The summed E-state index contributed by atoms with van der Waals surface area (Å²) in [7, 11) is 0. The van der Waals surface area contributed by atoms with Crippen molar-refractivity contribution in [2.75, 3.05) is 12.4 Å². The van der Waals surface area contributed by atoms with Gasteiger partial charge < -0.3 is 9.15 Å². The first-order chi connectivity index (χ1) is 17.2. The number of rotatable bonds is 9. The van der Waals surface area contributed by atoms with Gasteiger partial charge in [0, 0.05) is 11.0 Å². The molecule has 0 radical (unpaired) electrons. The summed E-state index contributed by atoms with van der Waals surface area (Å²) in [6.45, 7) is -0.480. The molecule has 6 heteroatoms. The molecular formula is C29H27O4PS. The van der Waals surface area contributed by atoms with Crippen LogP contribution in [0, 0.1) is 0 Å². The number of esters is 1. The minimum Gasteiger partial charge on any atom is -0.463 e. The molecule has 0 spiro atoms. The van der Waals surface area contributed by atoms with Crippen LogP contribution in [0.25, 0.3) is 0 Å². The van der Waals surface area contributed by atoms with Crippen LogP contribution in [0.5, 0.6) is 0 Å². The van der Waals surface area contributed by atoms with Crippen molar-refractivity contribution in [3.63, 3.8) is 0 Å². The Morgan fingerprint density at radius 3 is 1.71 bits per heavy atom. The van der Waals surface area contributed by atoms with Crippen LogP contribution in [0.2, 0.25) is 0 Å². The van der Waals surface area contributed by atoms with E-state index in [0.29, 0.717) is 23.2 Å². The summed E-state index contributed by atoms with van der Waals surface area (Å²) in [6, 6.07) is 33.9. The zero-order valence-electron chi connectivity index (χ0n) is 19.5. The maximum absolute atomic E-state index is 13.7. The summed E-state index contributed by atoms with van der Waals surface area (Å²) in [4.78, 5) is 26.3. The first kappa shape index (κ1) is 24.8. The summed E-state index contributed by atoms with van der Waals surface area (Å²) in [6.07, 6.45) is 1.89. The smallest absolute Gasteiger partial charge is 0.335 e. The summed E-state index contributed by atoms with van der Waals surface area (Å²) in [5, 5.41) is 3.76. The van der Waals surface area contributed by atoms with Gasteiger partial charge in [-0.2, -0.15) is 0 Å². The van der Waals surface area contributed by atoms with Gasteiger partial charge in [0.05, 0.1) is 12.9 Å². The highest BCUT2D eigenvalue weighted by atomic mass is 32.2. The number of hydrogen-bond donors (Lipinski definition) is 0. The van der Waals surface area contributed by atoms with Crippen molar-refractivity contribution < 1.29 is 18.7 Å². The second kappa shape index (κ2) is 11.9. The summed E-state index contributed by atoms with van der Waals surface area (Å²) in [5.74, 6) is 0.424. The number of ether oxygens (including phenoxy) is 1. The van der Waals surface area contributed by atoms with Crippen LogP contribution < -0.4 is 15.9 Å². The molecule has 0 unspecified atom stereocenters. The lowest BCUT2D eigenvalue weighted by Crippen LogP contribution is -2.34. The first-order valence-electron chi connectivity index (χ1n) is 11.5. The van der Waals surface area contributed by atoms with Gasteiger partial charge in [0.2, 0.25) is 0 Å². The molecule has 0 saturated heterocycles. The summed E-state index contributed by atoms with van der Waals surface area (Å²) < 4.78 is 10.9. The predicted octanol–water partition coefficient (Wildman–Crippen LogP) is 5.27. The molecule has 0 aliphatic heterocycles. The Labute approximate surface area is 210 Å². The lowest BCUT2D eigenvalue weighted by Gasteiger charge is -2.32. The third-order valence-corrected chi connectivity index (χ3v) is 10.9. The van der Waals surface area contributed by atoms with Crippen molar-refractivity contribution in [1.82, 2.24) is 0 Å². The van der Waals surface area contributed by atoms with Crippen molar-refractivity contribution in [3.05, 3.63) is 115 Å².